The lowest BCUT2D eigenvalue weighted by Gasteiger charge is -2.33. The van der Waals surface area contributed by atoms with Crippen molar-refractivity contribution in [1.29, 1.82) is 0 Å². The van der Waals surface area contributed by atoms with E-state index in [1.165, 1.54) is 11.4 Å². The minimum Gasteiger partial charge on any atom is -0.488 e. The second-order valence-electron chi connectivity index (χ2n) is 13.1. The lowest BCUT2D eigenvalue weighted by atomic mass is 10.0. The monoisotopic (exact) mass is 707 g/mol. The Morgan fingerprint density at radius 1 is 1.02 bits per heavy atom. The molecular weight excluding hydrogens is 659 g/mol. The van der Waals surface area contributed by atoms with E-state index >= 15 is 0 Å². The molecule has 0 fully saturated rings. The highest BCUT2D eigenvalue weighted by molar-refractivity contribution is 7.89. The fourth-order valence-corrected chi connectivity index (χ4v) is 6.94. The van der Waals surface area contributed by atoms with E-state index in [4.69, 9.17) is 10.5 Å². The van der Waals surface area contributed by atoms with Gasteiger partial charge in [-0.25, -0.2) is 8.42 Å². The van der Waals surface area contributed by atoms with Crippen molar-refractivity contribution in [3.05, 3.63) is 77.9 Å². The van der Waals surface area contributed by atoms with Crippen molar-refractivity contribution in [2.75, 3.05) is 43.1 Å². The van der Waals surface area contributed by atoms with Crippen LogP contribution in [-0.4, -0.2) is 79.3 Å². The van der Waals surface area contributed by atoms with Crippen LogP contribution in [0.3, 0.4) is 0 Å². The van der Waals surface area contributed by atoms with Crippen LogP contribution in [0.25, 0.3) is 0 Å². The molecule has 13 heteroatoms. The number of fused-ring (bicyclic) bond motifs is 1. The average molecular weight is 708 g/mol. The van der Waals surface area contributed by atoms with E-state index in [2.05, 4.69) is 10.6 Å². The summed E-state index contributed by atoms with van der Waals surface area (Å²) in [5.74, 6) is -0.428. The summed E-state index contributed by atoms with van der Waals surface area (Å²) >= 11 is 0. The molecule has 0 saturated heterocycles. The number of hydrogen-bond donors (Lipinski definition) is 4. The van der Waals surface area contributed by atoms with E-state index in [0.717, 1.165) is 5.56 Å². The molecule has 1 aliphatic heterocycles. The zero-order valence-corrected chi connectivity index (χ0v) is 30.0. The number of aliphatic hydroxyl groups excluding tert-OH is 1. The molecule has 1 heterocycles. The Kier molecular flexibility index (Phi) is 13.4. The number of unbranched alkanes of at least 4 members (excludes halogenated alkanes) is 2. The van der Waals surface area contributed by atoms with Crippen LogP contribution < -0.4 is 21.1 Å². The Labute approximate surface area is 295 Å². The van der Waals surface area contributed by atoms with Crippen LogP contribution in [0.5, 0.6) is 5.75 Å². The molecule has 270 valence electrons. The number of nitrogens with two attached hydrogens (primary N) is 1. The zero-order chi connectivity index (χ0) is 36.4. The molecule has 3 aromatic rings. The van der Waals surface area contributed by atoms with Gasteiger partial charge in [0.15, 0.2) is 0 Å². The third-order valence-corrected chi connectivity index (χ3v) is 10.7. The molecule has 12 nitrogen and oxygen atoms in total. The minimum atomic E-state index is -3.82. The minimum absolute atomic E-state index is 0.0206. The third kappa shape index (κ3) is 10.3. The first kappa shape index (κ1) is 38.3. The number of nitrogens with zero attached hydrogens (tertiary/aromatic N) is 2. The van der Waals surface area contributed by atoms with E-state index in [9.17, 15) is 27.9 Å². The first-order valence-corrected chi connectivity index (χ1v) is 18.4. The number of nitrogen functional groups attached to an aromatic ring is 1. The molecule has 0 aliphatic carbocycles. The summed E-state index contributed by atoms with van der Waals surface area (Å²) in [5, 5.41) is 15.6. The van der Waals surface area contributed by atoms with Crippen molar-refractivity contribution in [3.63, 3.8) is 0 Å². The van der Waals surface area contributed by atoms with E-state index < -0.39 is 22.2 Å². The van der Waals surface area contributed by atoms with E-state index in [1.807, 2.05) is 13.8 Å². The number of sulfonamides is 1. The molecule has 4 rings (SSSR count). The van der Waals surface area contributed by atoms with Crippen LogP contribution in [0.15, 0.2) is 71.6 Å². The Morgan fingerprint density at radius 3 is 2.34 bits per heavy atom. The molecular formula is C37H49N5O7S. The van der Waals surface area contributed by atoms with Gasteiger partial charge in [-0.2, -0.15) is 4.31 Å². The molecule has 0 spiro atoms. The highest BCUT2D eigenvalue weighted by Crippen LogP contribution is 2.30. The molecule has 5 N–H and O–H groups in total. The van der Waals surface area contributed by atoms with Crippen molar-refractivity contribution in [3.8, 4) is 5.75 Å². The number of likely N-dealkylation sites (N-methyl/N-ethyl adjacent to an activating group) is 1. The SMILES string of the molecule is Cc1ccc(S(=O)(=O)N(C)C[C@H]2Oc3ccc(NC(=O)CCCCCC(=O)Nc4ccccc4N)cc3CC(=O)N([C@H](C)CO)C[C@H]2C)cc1. The lowest BCUT2D eigenvalue weighted by molar-refractivity contribution is -0.134. The topological polar surface area (TPSA) is 171 Å². The molecule has 1 aliphatic rings. The van der Waals surface area contributed by atoms with Crippen molar-refractivity contribution < 1.29 is 32.6 Å². The van der Waals surface area contributed by atoms with Crippen LogP contribution in [0.4, 0.5) is 17.1 Å². The van der Waals surface area contributed by atoms with Gasteiger partial charge in [-0.15, -0.1) is 0 Å². The first-order chi connectivity index (χ1) is 23.8. The number of rotatable bonds is 14. The summed E-state index contributed by atoms with van der Waals surface area (Å²) in [5.41, 5.74) is 8.94. The number of hydrogen-bond acceptors (Lipinski definition) is 8. The van der Waals surface area contributed by atoms with Gasteiger partial charge < -0.3 is 31.1 Å². The van der Waals surface area contributed by atoms with E-state index in [0.29, 0.717) is 54.1 Å². The number of aryl methyl sites for hydroxylation is 1. The number of carbonyl (C=O) groups is 3. The van der Waals surface area contributed by atoms with Crippen LogP contribution in [0.1, 0.15) is 57.1 Å². The average Bonchev–Trinajstić information content (AvgIpc) is 3.12. The lowest BCUT2D eigenvalue weighted by Crippen LogP contribution is -2.48. The normalized spacial score (nSPS) is 17.2. The van der Waals surface area contributed by atoms with Gasteiger partial charge in [-0.1, -0.05) is 43.2 Å². The summed E-state index contributed by atoms with van der Waals surface area (Å²) in [6, 6.07) is 18.3. The maximum absolute atomic E-state index is 13.6. The highest BCUT2D eigenvalue weighted by Gasteiger charge is 2.33. The predicted molar refractivity (Wildman–Crippen MR) is 194 cm³/mol. The number of ether oxygens (including phenoxy) is 1. The van der Waals surface area contributed by atoms with Crippen molar-refractivity contribution in [2.24, 2.45) is 5.92 Å². The molecule has 0 unspecified atom stereocenters. The van der Waals surface area contributed by atoms with Crippen LogP contribution in [-0.2, 0) is 30.8 Å². The summed E-state index contributed by atoms with van der Waals surface area (Å²) in [6.45, 7) is 5.58. The van der Waals surface area contributed by atoms with Gasteiger partial charge in [-0.3, -0.25) is 14.4 Å². The van der Waals surface area contributed by atoms with Gasteiger partial charge in [0.05, 0.1) is 41.9 Å². The second-order valence-corrected chi connectivity index (χ2v) is 15.1. The molecule has 3 aromatic carbocycles. The Hall–Kier alpha value is -4.46. The number of amides is 3. The van der Waals surface area contributed by atoms with Gasteiger partial charge in [-0.05, 0) is 69.2 Å². The van der Waals surface area contributed by atoms with E-state index in [-0.39, 0.29) is 61.1 Å². The van der Waals surface area contributed by atoms with Crippen molar-refractivity contribution >= 4 is 44.8 Å². The summed E-state index contributed by atoms with van der Waals surface area (Å²) in [4.78, 5) is 40.4. The molecule has 0 saturated carbocycles. The Bertz CT molecular complexity index is 1750. The van der Waals surface area contributed by atoms with Gasteiger partial charge in [0.2, 0.25) is 27.7 Å². The molecule has 0 radical (unpaired) electrons. The number of benzene rings is 3. The third-order valence-electron chi connectivity index (χ3n) is 8.91. The maximum Gasteiger partial charge on any atom is 0.242 e. The molecule has 3 atom stereocenters. The van der Waals surface area contributed by atoms with Gasteiger partial charge in [0, 0.05) is 43.6 Å². The van der Waals surface area contributed by atoms with Gasteiger partial charge >= 0.3 is 0 Å². The van der Waals surface area contributed by atoms with Crippen molar-refractivity contribution in [2.45, 2.75) is 76.3 Å². The summed E-state index contributed by atoms with van der Waals surface area (Å²) in [7, 11) is -2.31. The summed E-state index contributed by atoms with van der Waals surface area (Å²) < 4.78 is 34.6. The standard InChI is InChI=1S/C37H49N5O7S/c1-25-14-17-30(18-15-25)50(47,48)41(4)23-34-26(2)22-42(27(3)24-43)37(46)21-28-20-29(16-19-33(28)49-34)39-35(44)12-6-5-7-13-36(45)40-32-11-9-8-10-31(32)38/h8-11,14-20,26-27,34,43H,5-7,12-13,21-24,38H2,1-4H3,(H,39,44)(H,40,45)/t26-,27-,34-/m1/s1. The van der Waals surface area contributed by atoms with Crippen LogP contribution in [0, 0.1) is 12.8 Å². The largest absolute Gasteiger partial charge is 0.488 e. The maximum atomic E-state index is 13.6. The molecule has 0 aromatic heterocycles. The van der Waals surface area contributed by atoms with Gasteiger partial charge in [0.25, 0.3) is 0 Å². The van der Waals surface area contributed by atoms with E-state index in [1.54, 1.807) is 78.6 Å². The van der Waals surface area contributed by atoms with Gasteiger partial charge in [0.1, 0.15) is 11.9 Å². The molecule has 3 amide bonds. The van der Waals surface area contributed by atoms with Crippen LogP contribution in [0.2, 0.25) is 0 Å². The Balaban J connectivity index is 1.41. The van der Waals surface area contributed by atoms with Crippen molar-refractivity contribution in [1.82, 2.24) is 9.21 Å². The predicted octanol–water partition coefficient (Wildman–Crippen LogP) is 4.57. The number of aliphatic hydroxyl groups is 1. The number of para-hydroxylation sites is 2. The quantitative estimate of drug-likeness (QED) is 0.139. The summed E-state index contributed by atoms with van der Waals surface area (Å²) in [6.07, 6.45) is 1.79. The molecule has 0 bridgehead atoms. The zero-order valence-electron chi connectivity index (χ0n) is 29.2. The number of nitrogens with one attached hydrogen (secondary N) is 2. The smallest absolute Gasteiger partial charge is 0.242 e. The number of anilines is 3. The first-order valence-electron chi connectivity index (χ1n) is 17.0. The Morgan fingerprint density at radius 2 is 1.68 bits per heavy atom. The highest BCUT2D eigenvalue weighted by atomic mass is 32.2. The van der Waals surface area contributed by atoms with Crippen LogP contribution >= 0.6 is 0 Å². The fraction of sp³-hybridized carbons (Fsp3) is 0.432. The fourth-order valence-electron chi connectivity index (χ4n) is 5.76. The molecule has 50 heavy (non-hydrogen) atoms. The number of carbonyl (C=O) groups excluding carboxylic acids is 3. The second kappa shape index (κ2) is 17.5.